The van der Waals surface area contributed by atoms with Gasteiger partial charge in [-0.3, -0.25) is 0 Å². The van der Waals surface area contributed by atoms with Crippen LogP contribution in [0.2, 0.25) is 2.82 Å². The standard InChI is InChI=1S/C17H26B2N5O3.C16H25N5O3.2C16H25N5O2.C11H16B2N5O.C6H10O2/c1-3-4-11(2)27-17-22-15(21-10-19-18)16-20-9-13(24(16)23-17)14(25)12-5-7-26-8-6-12;1-3-4-10(2)24-16-19-14(17)15-18-9-12(21(15)20-16)13(22)11-5-7-23-8-6-11;2*1-3-4-11(2)23-16-19-14(17)15-18-10-13(21(15)20-16)9-12-5-7-22-8-6-12;1-3-4-8(2)19-11-16-9(15-7-13-12)10-14-5-6-18(10)17-11;7-5-6-1-3-8-4-2-6/h9,11-12,14,25H,3-8,10H2,1-2H3,(H,21,22,23);9-11,13,22H,3-8H2,1-2H3,(H2,17,19,20);2*10-12H,3-9H2,1-2H3,(H2,17,19,20);5-6,8H,3-4,7H2,1-2H3,(H,15,16,17);5-6H,1-4H2/i/hD2. The smallest absolute Gasteiger partial charge is 0.336 e. The van der Waals surface area contributed by atoms with Crippen molar-refractivity contribution in [2.24, 2.45) is 29.6 Å². The first-order valence-electron chi connectivity index (χ1n) is 45.1. The van der Waals surface area contributed by atoms with E-state index in [4.69, 9.17) is 82.9 Å². The summed E-state index contributed by atoms with van der Waals surface area (Å²) in [7, 11) is 13.6. The molecule has 0 saturated carbocycles. The first kappa shape index (κ1) is 93.6. The zero-order valence-corrected chi connectivity index (χ0v) is 73.8. The van der Waals surface area contributed by atoms with Gasteiger partial charge in [-0.15, -0.1) is 25.5 Å². The van der Waals surface area contributed by atoms with Crippen molar-refractivity contribution >= 4 is 93.4 Å². The van der Waals surface area contributed by atoms with Gasteiger partial charge in [-0.25, -0.2) is 47.5 Å². The van der Waals surface area contributed by atoms with Crippen molar-refractivity contribution in [3.63, 3.8) is 0 Å². The SMILES string of the molecule is CCCC(C)Oc1nc(N)c2ncc(C(O)C3CCOCC3)n2n1.CCCC(C)Oc1nc(N)c2ncc(CC3CCOCC3)n2n1.CCCC(C)Oc1nc(N)c2ncc(CC3CCOCC3)n2n1.O=CC1CCOCC1.[2H]N(C[B][B])c1nc(OC(C)CCC)nn2c(C(O)C3CCOCC3)cnc12.[2H]N(C[B][B])c1nc(OC(C)CCC)nn2ccnc12. The van der Waals surface area contributed by atoms with E-state index >= 15 is 0 Å². The monoisotopic (exact) mass is 1720 g/mol. The van der Waals surface area contributed by atoms with E-state index < -0.39 is 12.2 Å². The second-order valence-electron chi connectivity index (χ2n) is 31.9. The molecule has 7 atom stereocenters. The number of carbonyl (C=O) groups excluding carboxylic acids is 1. The number of hydrogen-bond acceptors (Lipinski definition) is 33. The summed E-state index contributed by atoms with van der Waals surface area (Å²) in [6.07, 6.45) is 31.2. The largest absolute Gasteiger partial charge is 0.459 e. The predicted molar refractivity (Wildman–Crippen MR) is 473 cm³/mol. The maximum absolute atomic E-state index is 10.9. The highest BCUT2D eigenvalue weighted by Crippen LogP contribution is 2.34. The van der Waals surface area contributed by atoms with Crippen molar-refractivity contribution in [3.8, 4) is 30.1 Å². The van der Waals surface area contributed by atoms with E-state index in [1.165, 1.54) is 18.9 Å². The zero-order chi connectivity index (χ0) is 90.0. The number of aliphatic hydroxyl groups excluding tert-OH is 2. The van der Waals surface area contributed by atoms with Gasteiger partial charge in [0.2, 0.25) is 0 Å². The quantitative estimate of drug-likeness (QED) is 0.0144. The van der Waals surface area contributed by atoms with E-state index in [1.54, 1.807) is 42.8 Å². The third-order valence-electron chi connectivity index (χ3n) is 21.7. The van der Waals surface area contributed by atoms with Crippen molar-refractivity contribution in [1.82, 2.24) is 97.9 Å². The van der Waals surface area contributed by atoms with Gasteiger partial charge < -0.3 is 90.2 Å². The fourth-order valence-electron chi connectivity index (χ4n) is 15.0. The third kappa shape index (κ3) is 28.5. The van der Waals surface area contributed by atoms with Gasteiger partial charge in [0.05, 0.1) is 92.4 Å². The molecule has 0 aliphatic carbocycles. The molecule has 124 heavy (non-hydrogen) atoms. The van der Waals surface area contributed by atoms with Gasteiger partial charge in [-0.2, -0.15) is 24.9 Å². The van der Waals surface area contributed by atoms with Gasteiger partial charge in [0.15, 0.2) is 60.1 Å². The zero-order valence-electron chi connectivity index (χ0n) is 75.8. The summed E-state index contributed by atoms with van der Waals surface area (Å²) in [6.45, 7) is 27.9. The Hall–Kier alpha value is -9.60. The number of nitrogens with two attached hydrogens (primary N) is 3. The van der Waals surface area contributed by atoms with E-state index in [0.717, 1.165) is 209 Å². The lowest BCUT2D eigenvalue weighted by molar-refractivity contribution is -0.113. The van der Waals surface area contributed by atoms with Gasteiger partial charge in [0.1, 0.15) is 18.5 Å². The van der Waals surface area contributed by atoms with Crippen LogP contribution in [0.5, 0.6) is 30.1 Å². The average Bonchev–Trinajstić information content (AvgIpc) is 1.59. The molecule has 10 N–H and O–H groups in total. The molecule has 0 amide bonds. The molecule has 0 bridgehead atoms. The van der Waals surface area contributed by atoms with Crippen LogP contribution in [-0.4, -0.2) is 254 Å². The highest BCUT2D eigenvalue weighted by molar-refractivity contribution is 6.90. The minimum Gasteiger partial charge on any atom is -0.459 e. The Balaban J connectivity index is 0.000000161. The Morgan fingerprint density at radius 2 is 0.766 bits per heavy atom. The molecule has 38 nitrogen and oxygen atoms in total. The second kappa shape index (κ2) is 50.5. The van der Waals surface area contributed by atoms with Crippen LogP contribution in [0.4, 0.5) is 29.1 Å². The van der Waals surface area contributed by atoms with Crippen LogP contribution in [0.1, 0.15) is 233 Å². The first-order valence-corrected chi connectivity index (χ1v) is 44.2. The van der Waals surface area contributed by atoms with Crippen molar-refractivity contribution < 1.29 is 65.2 Å². The molecule has 670 valence electrons. The number of hydrogen-bond donors (Lipinski definition) is 7. The fourth-order valence-corrected chi connectivity index (χ4v) is 15.0. The normalized spacial score (nSPS) is 17.5. The molecule has 5 fully saturated rings. The number of ether oxygens (including phenoxy) is 10. The molecule has 0 spiro atoms. The van der Waals surface area contributed by atoms with Gasteiger partial charge >= 0.3 is 30.1 Å². The van der Waals surface area contributed by atoms with E-state index in [9.17, 15) is 15.0 Å². The molecule has 10 aromatic rings. The third-order valence-corrected chi connectivity index (χ3v) is 21.7. The Bertz CT molecular complexity index is 4770. The number of carbonyl (C=O) groups is 1. The molecule has 5 aliphatic heterocycles. The van der Waals surface area contributed by atoms with Gasteiger partial charge in [0, 0.05) is 99.9 Å². The maximum Gasteiger partial charge on any atom is 0.336 e. The number of nitrogen functional groups attached to an aromatic ring is 3. The summed E-state index contributed by atoms with van der Waals surface area (Å²) in [5.74, 6) is 3.28. The Morgan fingerprint density at radius 3 is 1.13 bits per heavy atom. The van der Waals surface area contributed by atoms with Crippen LogP contribution in [-0.2, 0) is 41.3 Å². The molecule has 0 aromatic carbocycles. The molecule has 5 saturated heterocycles. The number of aldehydes is 1. The summed E-state index contributed by atoms with van der Waals surface area (Å²) in [5, 5.41) is 46.0. The summed E-state index contributed by atoms with van der Waals surface area (Å²) in [5.41, 5.74) is 23.8. The summed E-state index contributed by atoms with van der Waals surface area (Å²) in [4.78, 5) is 52.9. The minimum atomic E-state index is -0.734. The number of imidazole rings is 5. The lowest BCUT2D eigenvalue weighted by Gasteiger charge is -2.26. The number of aromatic nitrogens is 20. The highest BCUT2D eigenvalue weighted by Gasteiger charge is 2.31. The van der Waals surface area contributed by atoms with Crippen LogP contribution in [0.25, 0.3) is 28.2 Å². The molecule has 7 unspecified atom stereocenters. The molecule has 5 aliphatic rings. The van der Waals surface area contributed by atoms with E-state index in [2.05, 4.69) is 110 Å². The summed E-state index contributed by atoms with van der Waals surface area (Å²) in [6, 6.07) is 1.24. The van der Waals surface area contributed by atoms with Crippen molar-refractivity contribution in [3.05, 3.63) is 60.0 Å². The predicted octanol–water partition coefficient (Wildman–Crippen LogP) is 8.99. The number of aliphatic hydroxyl groups is 2. The van der Waals surface area contributed by atoms with Crippen molar-refractivity contribution in [2.75, 3.05) is 107 Å². The van der Waals surface area contributed by atoms with Gasteiger partial charge in [0.25, 0.3) is 0 Å². The van der Waals surface area contributed by atoms with Gasteiger partial charge in [-0.1, -0.05) is 66.7 Å². The number of nitrogens with one attached hydrogen (secondary N) is 2. The topological polar surface area (TPSA) is 467 Å². The minimum absolute atomic E-state index is 0.000705. The number of anilines is 5. The van der Waals surface area contributed by atoms with E-state index in [0.29, 0.717) is 107 Å². The van der Waals surface area contributed by atoms with Crippen molar-refractivity contribution in [1.29, 1.82) is 0 Å². The molecule has 6 radical (unpaired) electrons. The summed E-state index contributed by atoms with van der Waals surface area (Å²) < 4.78 is 79.8. The van der Waals surface area contributed by atoms with Crippen LogP contribution >= 0.6 is 0 Å². The molecule has 10 aromatic heterocycles. The molecule has 42 heteroatoms. The van der Waals surface area contributed by atoms with Gasteiger partial charge in [-0.05, 0) is 180 Å². The molecular formula is C82H127B4N25O13. The van der Waals surface area contributed by atoms with Crippen LogP contribution in [0, 0.1) is 29.6 Å². The van der Waals surface area contributed by atoms with Crippen LogP contribution < -0.4 is 51.5 Å². The van der Waals surface area contributed by atoms with Crippen molar-refractivity contribution in [2.45, 2.75) is 253 Å². The number of nitrogens with zero attached hydrogens (tertiary/aromatic N) is 20. The average molecular weight is 1720 g/mol. The second-order valence-corrected chi connectivity index (χ2v) is 31.9. The van der Waals surface area contributed by atoms with E-state index in [1.807, 2.05) is 47.0 Å². The van der Waals surface area contributed by atoms with Crippen LogP contribution in [0.15, 0.2) is 37.2 Å². The maximum atomic E-state index is 10.9. The fraction of sp³-hybridized carbons (Fsp3) is 0.683. The Labute approximate surface area is 732 Å². The highest BCUT2D eigenvalue weighted by atomic mass is 16.5. The molecule has 15 rings (SSSR count). The van der Waals surface area contributed by atoms with Crippen LogP contribution in [0.3, 0.4) is 0 Å². The lowest BCUT2D eigenvalue weighted by atomic mass is 9.56. The molecule has 15 heterocycles. The molecular weight excluding hydrogens is 1590 g/mol. The first-order chi connectivity index (χ1) is 61.1. The lowest BCUT2D eigenvalue weighted by Crippen LogP contribution is -2.23. The Kier molecular flexibility index (Phi) is 38.1. The summed E-state index contributed by atoms with van der Waals surface area (Å²) >= 11 is 0. The van der Waals surface area contributed by atoms with E-state index in [-0.39, 0.29) is 90.8 Å². The Morgan fingerprint density at radius 1 is 0.452 bits per heavy atom. The number of fused-ring (bicyclic) bond motifs is 5. The number of rotatable bonds is 35.